The fourth-order valence-electron chi connectivity index (χ4n) is 2.17. The largest absolute Gasteiger partial charge is 0.365 e. The highest BCUT2D eigenvalue weighted by Crippen LogP contribution is 2.14. The molecule has 0 unspecified atom stereocenters. The third-order valence-electron chi connectivity index (χ3n) is 3.59. The van der Waals surface area contributed by atoms with Gasteiger partial charge in [0.1, 0.15) is 5.82 Å². The molecule has 1 heterocycles. The molecule has 3 aromatic rings. The zero-order valence-corrected chi connectivity index (χ0v) is 14.4. The lowest BCUT2D eigenvalue weighted by atomic mass is 10.1. The summed E-state index contributed by atoms with van der Waals surface area (Å²) in [6.45, 7) is 2.70. The van der Waals surface area contributed by atoms with Crippen LogP contribution < -0.4 is 10.6 Å². The molecule has 0 saturated heterocycles. The molecule has 2 N–H and O–H groups in total. The second-order valence-corrected chi connectivity index (χ2v) is 6.04. The second kappa shape index (κ2) is 7.77. The lowest BCUT2D eigenvalue weighted by Gasteiger charge is -2.07. The van der Waals surface area contributed by atoms with Crippen molar-refractivity contribution in [3.8, 4) is 0 Å². The van der Waals surface area contributed by atoms with Crippen LogP contribution in [0.25, 0.3) is 0 Å². The molecule has 126 valence electrons. The average molecular weight is 353 g/mol. The average Bonchev–Trinajstić information content (AvgIpc) is 2.63. The minimum Gasteiger partial charge on any atom is -0.365 e. The third kappa shape index (κ3) is 4.78. The molecule has 0 aliphatic carbocycles. The van der Waals surface area contributed by atoms with Crippen LogP contribution >= 0.6 is 11.6 Å². The van der Waals surface area contributed by atoms with Crippen LogP contribution in [-0.2, 0) is 6.54 Å². The number of anilines is 2. The van der Waals surface area contributed by atoms with E-state index < -0.39 is 0 Å². The van der Waals surface area contributed by atoms with Gasteiger partial charge in [-0.15, -0.1) is 10.2 Å². The molecule has 1 amide bonds. The quantitative estimate of drug-likeness (QED) is 0.718. The van der Waals surface area contributed by atoms with Crippen molar-refractivity contribution >= 4 is 29.0 Å². The number of nitrogens with zero attached hydrogens (tertiary/aromatic N) is 2. The summed E-state index contributed by atoms with van der Waals surface area (Å²) in [5.41, 5.74) is 3.27. The van der Waals surface area contributed by atoms with E-state index in [-0.39, 0.29) is 11.6 Å². The van der Waals surface area contributed by atoms with Crippen LogP contribution in [0.2, 0.25) is 5.02 Å². The summed E-state index contributed by atoms with van der Waals surface area (Å²) in [7, 11) is 0. The van der Waals surface area contributed by atoms with Crippen LogP contribution in [0, 0.1) is 6.92 Å². The number of carbonyl (C=O) groups is 1. The van der Waals surface area contributed by atoms with E-state index in [1.165, 1.54) is 5.56 Å². The highest BCUT2D eigenvalue weighted by atomic mass is 35.5. The van der Waals surface area contributed by atoms with Gasteiger partial charge in [0.05, 0.1) is 0 Å². The van der Waals surface area contributed by atoms with Crippen LogP contribution in [0.5, 0.6) is 0 Å². The lowest BCUT2D eigenvalue weighted by Crippen LogP contribution is -2.14. The number of nitrogens with one attached hydrogen (secondary N) is 2. The first-order chi connectivity index (χ1) is 12.1. The molecule has 3 rings (SSSR count). The van der Waals surface area contributed by atoms with Gasteiger partial charge < -0.3 is 10.6 Å². The minimum absolute atomic E-state index is 0.246. The Hall–Kier alpha value is -2.92. The monoisotopic (exact) mass is 352 g/mol. The molecule has 0 bridgehead atoms. The van der Waals surface area contributed by atoms with Crippen molar-refractivity contribution in [2.75, 3.05) is 10.6 Å². The van der Waals surface area contributed by atoms with Gasteiger partial charge in [-0.2, -0.15) is 0 Å². The van der Waals surface area contributed by atoms with Gasteiger partial charge in [-0.05, 0) is 48.9 Å². The van der Waals surface area contributed by atoms with Crippen LogP contribution in [0.3, 0.4) is 0 Å². The Morgan fingerprint density at radius 1 is 0.960 bits per heavy atom. The van der Waals surface area contributed by atoms with Gasteiger partial charge in [0.15, 0.2) is 5.69 Å². The van der Waals surface area contributed by atoms with Crippen LogP contribution in [0.15, 0.2) is 60.7 Å². The molecule has 5 nitrogen and oxygen atoms in total. The molecular formula is C19H17ClN4O. The number of hydrogen-bond acceptors (Lipinski definition) is 4. The van der Waals surface area contributed by atoms with Crippen molar-refractivity contribution in [1.82, 2.24) is 10.2 Å². The summed E-state index contributed by atoms with van der Waals surface area (Å²) in [5.74, 6) is 0.295. The second-order valence-electron chi connectivity index (χ2n) is 5.60. The van der Waals surface area contributed by atoms with Crippen molar-refractivity contribution in [3.63, 3.8) is 0 Å². The summed E-state index contributed by atoms with van der Waals surface area (Å²) in [6, 6.07) is 18.5. The van der Waals surface area contributed by atoms with Crippen molar-refractivity contribution < 1.29 is 4.79 Å². The van der Waals surface area contributed by atoms with Gasteiger partial charge in [0.25, 0.3) is 5.91 Å². The number of rotatable bonds is 5. The van der Waals surface area contributed by atoms with Crippen molar-refractivity contribution in [2.45, 2.75) is 13.5 Å². The molecule has 2 aromatic carbocycles. The Bertz CT molecular complexity index is 846. The van der Waals surface area contributed by atoms with Gasteiger partial charge in [-0.25, -0.2) is 0 Å². The Morgan fingerprint density at radius 3 is 2.32 bits per heavy atom. The van der Waals surface area contributed by atoms with Crippen LogP contribution in [-0.4, -0.2) is 16.1 Å². The number of halogens is 1. The summed E-state index contributed by atoms with van der Waals surface area (Å²) in [5, 5.41) is 14.6. The topological polar surface area (TPSA) is 66.9 Å². The van der Waals surface area contributed by atoms with E-state index in [0.29, 0.717) is 23.1 Å². The molecular weight excluding hydrogens is 336 g/mol. The number of carbonyl (C=O) groups excluding carboxylic acids is 1. The maximum absolute atomic E-state index is 12.2. The van der Waals surface area contributed by atoms with E-state index in [9.17, 15) is 4.79 Å². The molecule has 0 radical (unpaired) electrons. The van der Waals surface area contributed by atoms with E-state index >= 15 is 0 Å². The van der Waals surface area contributed by atoms with E-state index in [0.717, 1.165) is 5.56 Å². The van der Waals surface area contributed by atoms with E-state index in [1.807, 2.05) is 0 Å². The third-order valence-corrected chi connectivity index (χ3v) is 3.85. The Labute approximate surface area is 151 Å². The Balaban J connectivity index is 1.58. The van der Waals surface area contributed by atoms with Gasteiger partial charge in [0.2, 0.25) is 0 Å². The molecule has 0 spiro atoms. The lowest BCUT2D eigenvalue weighted by molar-refractivity contribution is 0.102. The summed E-state index contributed by atoms with van der Waals surface area (Å²) >= 11 is 5.82. The molecule has 0 aliphatic rings. The first-order valence-electron chi connectivity index (χ1n) is 7.80. The normalized spacial score (nSPS) is 10.3. The molecule has 0 fully saturated rings. The van der Waals surface area contributed by atoms with E-state index in [1.54, 1.807) is 36.4 Å². The van der Waals surface area contributed by atoms with Crippen molar-refractivity contribution in [3.05, 3.63) is 82.5 Å². The van der Waals surface area contributed by atoms with E-state index in [4.69, 9.17) is 11.6 Å². The summed E-state index contributed by atoms with van der Waals surface area (Å²) in [4.78, 5) is 12.2. The van der Waals surface area contributed by atoms with E-state index in [2.05, 4.69) is 52.0 Å². The Morgan fingerprint density at radius 2 is 1.68 bits per heavy atom. The van der Waals surface area contributed by atoms with Crippen LogP contribution in [0.1, 0.15) is 21.6 Å². The predicted molar refractivity (Wildman–Crippen MR) is 99.9 cm³/mol. The molecule has 0 saturated carbocycles. The zero-order chi connectivity index (χ0) is 17.6. The standard InChI is InChI=1S/C19H17ClN4O/c1-13-2-4-14(5-3-13)12-21-18-11-10-17(23-24-18)19(25)22-16-8-6-15(20)7-9-16/h2-11H,12H2,1H3,(H,21,24)(H,22,25). The number of aromatic nitrogens is 2. The molecule has 0 aliphatic heterocycles. The first-order valence-corrected chi connectivity index (χ1v) is 8.18. The smallest absolute Gasteiger partial charge is 0.276 e. The first kappa shape index (κ1) is 16.9. The zero-order valence-electron chi connectivity index (χ0n) is 13.7. The summed E-state index contributed by atoms with van der Waals surface area (Å²) < 4.78 is 0. The number of amides is 1. The van der Waals surface area contributed by atoms with Gasteiger partial charge in [-0.1, -0.05) is 41.4 Å². The van der Waals surface area contributed by atoms with Crippen molar-refractivity contribution in [1.29, 1.82) is 0 Å². The predicted octanol–water partition coefficient (Wildman–Crippen LogP) is 4.30. The molecule has 25 heavy (non-hydrogen) atoms. The fourth-order valence-corrected chi connectivity index (χ4v) is 2.30. The highest BCUT2D eigenvalue weighted by molar-refractivity contribution is 6.30. The highest BCUT2D eigenvalue weighted by Gasteiger charge is 2.08. The van der Waals surface area contributed by atoms with Crippen LogP contribution in [0.4, 0.5) is 11.5 Å². The number of hydrogen-bond donors (Lipinski definition) is 2. The molecule has 6 heteroatoms. The molecule has 0 atom stereocenters. The fraction of sp³-hybridized carbons (Fsp3) is 0.105. The minimum atomic E-state index is -0.320. The number of benzene rings is 2. The maximum Gasteiger partial charge on any atom is 0.276 e. The van der Waals surface area contributed by atoms with Crippen molar-refractivity contribution in [2.24, 2.45) is 0 Å². The Kier molecular flexibility index (Phi) is 5.26. The maximum atomic E-state index is 12.2. The van der Waals surface area contributed by atoms with Gasteiger partial charge in [-0.3, -0.25) is 4.79 Å². The summed E-state index contributed by atoms with van der Waals surface area (Å²) in [6.07, 6.45) is 0. The van der Waals surface area contributed by atoms with Gasteiger partial charge in [0, 0.05) is 17.3 Å². The number of aryl methyl sites for hydroxylation is 1. The SMILES string of the molecule is Cc1ccc(CNc2ccc(C(=O)Nc3ccc(Cl)cc3)nn2)cc1. The molecule has 1 aromatic heterocycles. The van der Waals surface area contributed by atoms with Gasteiger partial charge >= 0.3 is 0 Å².